The summed E-state index contributed by atoms with van der Waals surface area (Å²) in [6, 6.07) is 4.87. The van der Waals surface area contributed by atoms with E-state index in [4.69, 9.17) is 0 Å². The average Bonchev–Trinajstić information content (AvgIpc) is 3.38. The number of likely N-dealkylation sites (N-methyl/N-ethyl adjacent to an activating group) is 1. The van der Waals surface area contributed by atoms with Gasteiger partial charge in [-0.05, 0) is 44.0 Å². The van der Waals surface area contributed by atoms with Crippen LogP contribution in [0.25, 0.3) is 0 Å². The largest absolute Gasteiger partial charge is 0.336 e. The maximum Gasteiger partial charge on any atom is 0.254 e. The molecule has 1 heterocycles. The van der Waals surface area contributed by atoms with E-state index in [-0.39, 0.29) is 16.8 Å². The van der Waals surface area contributed by atoms with Gasteiger partial charge in [0.05, 0.1) is 4.90 Å². The molecule has 0 radical (unpaired) electrons. The SMILES string of the molecule is CCN1CCN(C(=O)c2cc(S(=O)(=O)NC3CC3)ccc2C)CC1. The first-order chi connectivity index (χ1) is 11.4. The van der Waals surface area contributed by atoms with E-state index in [2.05, 4.69) is 16.5 Å². The predicted molar refractivity (Wildman–Crippen MR) is 92.5 cm³/mol. The Hall–Kier alpha value is -1.44. The van der Waals surface area contributed by atoms with E-state index in [9.17, 15) is 13.2 Å². The highest BCUT2D eigenvalue weighted by atomic mass is 32.2. The molecule has 1 amide bonds. The lowest BCUT2D eigenvalue weighted by atomic mass is 10.1. The highest BCUT2D eigenvalue weighted by Gasteiger charge is 2.29. The second-order valence-electron chi connectivity index (χ2n) is 6.60. The van der Waals surface area contributed by atoms with Crippen molar-refractivity contribution in [2.75, 3.05) is 32.7 Å². The zero-order valence-electron chi connectivity index (χ0n) is 14.3. The Morgan fingerprint density at radius 2 is 1.88 bits per heavy atom. The molecule has 1 aromatic carbocycles. The molecule has 1 saturated heterocycles. The van der Waals surface area contributed by atoms with Crippen LogP contribution in [-0.4, -0.2) is 62.9 Å². The first-order valence-electron chi connectivity index (χ1n) is 8.55. The van der Waals surface area contributed by atoms with Crippen molar-refractivity contribution in [1.29, 1.82) is 0 Å². The van der Waals surface area contributed by atoms with Crippen molar-refractivity contribution in [2.24, 2.45) is 0 Å². The third-order valence-corrected chi connectivity index (χ3v) is 6.27. The number of benzene rings is 1. The summed E-state index contributed by atoms with van der Waals surface area (Å²) in [6.07, 6.45) is 1.77. The first-order valence-corrected chi connectivity index (χ1v) is 10.0. The zero-order chi connectivity index (χ0) is 17.3. The Balaban J connectivity index is 1.79. The molecule has 0 unspecified atom stereocenters. The highest BCUT2D eigenvalue weighted by molar-refractivity contribution is 7.89. The van der Waals surface area contributed by atoms with E-state index in [0.717, 1.165) is 38.0 Å². The summed E-state index contributed by atoms with van der Waals surface area (Å²) in [4.78, 5) is 17.1. The van der Waals surface area contributed by atoms with Crippen molar-refractivity contribution in [1.82, 2.24) is 14.5 Å². The molecular formula is C17H25N3O3S. The van der Waals surface area contributed by atoms with Crippen molar-refractivity contribution < 1.29 is 13.2 Å². The average molecular weight is 351 g/mol. The van der Waals surface area contributed by atoms with E-state index < -0.39 is 10.0 Å². The van der Waals surface area contributed by atoms with E-state index in [1.54, 1.807) is 12.1 Å². The molecule has 6 nitrogen and oxygen atoms in total. The third-order valence-electron chi connectivity index (χ3n) is 4.76. The van der Waals surface area contributed by atoms with Crippen LogP contribution in [-0.2, 0) is 10.0 Å². The number of carbonyl (C=O) groups excluding carboxylic acids is 1. The van der Waals surface area contributed by atoms with Crippen molar-refractivity contribution in [3.63, 3.8) is 0 Å². The van der Waals surface area contributed by atoms with Gasteiger partial charge < -0.3 is 9.80 Å². The number of sulfonamides is 1. The van der Waals surface area contributed by atoms with Gasteiger partial charge in [-0.2, -0.15) is 0 Å². The first kappa shape index (κ1) is 17.4. The van der Waals surface area contributed by atoms with Gasteiger partial charge in [0.1, 0.15) is 0 Å². The fraction of sp³-hybridized carbons (Fsp3) is 0.588. The minimum atomic E-state index is -3.54. The van der Waals surface area contributed by atoms with Crippen LogP contribution in [0.15, 0.2) is 23.1 Å². The monoisotopic (exact) mass is 351 g/mol. The van der Waals surface area contributed by atoms with Gasteiger partial charge >= 0.3 is 0 Å². The molecule has 0 spiro atoms. The Bertz CT molecular complexity index is 721. The molecule has 7 heteroatoms. The maximum absolute atomic E-state index is 12.8. The number of piperazine rings is 1. The normalized spacial score (nSPS) is 19.5. The Labute approximate surface area is 143 Å². The number of amides is 1. The van der Waals surface area contributed by atoms with Crippen LogP contribution in [0.5, 0.6) is 0 Å². The minimum absolute atomic E-state index is 0.0533. The fourth-order valence-electron chi connectivity index (χ4n) is 2.92. The molecule has 3 rings (SSSR count). The van der Waals surface area contributed by atoms with Gasteiger partial charge in [-0.1, -0.05) is 13.0 Å². The molecule has 24 heavy (non-hydrogen) atoms. The van der Waals surface area contributed by atoms with E-state index in [0.29, 0.717) is 18.7 Å². The smallest absolute Gasteiger partial charge is 0.254 e. The van der Waals surface area contributed by atoms with Crippen LogP contribution < -0.4 is 4.72 Å². The van der Waals surface area contributed by atoms with Gasteiger partial charge in [0.25, 0.3) is 5.91 Å². The quantitative estimate of drug-likeness (QED) is 0.866. The summed E-state index contributed by atoms with van der Waals surface area (Å²) in [5.74, 6) is -0.0771. The number of hydrogen-bond acceptors (Lipinski definition) is 4. The summed E-state index contributed by atoms with van der Waals surface area (Å²) < 4.78 is 27.4. The van der Waals surface area contributed by atoms with Gasteiger partial charge in [-0.3, -0.25) is 4.79 Å². The zero-order valence-corrected chi connectivity index (χ0v) is 15.1. The molecular weight excluding hydrogens is 326 g/mol. The lowest BCUT2D eigenvalue weighted by molar-refractivity contribution is 0.0642. The number of nitrogens with zero attached hydrogens (tertiary/aromatic N) is 2. The number of hydrogen-bond donors (Lipinski definition) is 1. The summed E-state index contributed by atoms with van der Waals surface area (Å²) in [7, 11) is -3.54. The molecule has 0 aromatic heterocycles. The van der Waals surface area contributed by atoms with E-state index >= 15 is 0 Å². The van der Waals surface area contributed by atoms with Crippen molar-refractivity contribution in [3.05, 3.63) is 29.3 Å². The summed E-state index contributed by atoms with van der Waals surface area (Å²) in [5.41, 5.74) is 1.29. The molecule has 132 valence electrons. The Morgan fingerprint density at radius 3 is 2.46 bits per heavy atom. The lowest BCUT2D eigenvalue weighted by Crippen LogP contribution is -2.48. The van der Waals surface area contributed by atoms with Crippen LogP contribution in [0.1, 0.15) is 35.7 Å². The fourth-order valence-corrected chi connectivity index (χ4v) is 4.26. The minimum Gasteiger partial charge on any atom is -0.336 e. The topological polar surface area (TPSA) is 69.7 Å². The third kappa shape index (κ3) is 3.79. The number of aryl methyl sites for hydroxylation is 1. The van der Waals surface area contributed by atoms with E-state index in [1.165, 1.54) is 6.07 Å². The van der Waals surface area contributed by atoms with Crippen molar-refractivity contribution in [3.8, 4) is 0 Å². The highest BCUT2D eigenvalue weighted by Crippen LogP contribution is 2.24. The van der Waals surface area contributed by atoms with Crippen LogP contribution in [0.3, 0.4) is 0 Å². The summed E-state index contributed by atoms with van der Waals surface area (Å²) in [6.45, 7) is 8.04. The lowest BCUT2D eigenvalue weighted by Gasteiger charge is -2.34. The van der Waals surface area contributed by atoms with Crippen LogP contribution in [0.2, 0.25) is 0 Å². The summed E-state index contributed by atoms with van der Waals surface area (Å²) >= 11 is 0. The maximum atomic E-state index is 12.8. The second-order valence-corrected chi connectivity index (χ2v) is 8.31. The molecule has 0 bridgehead atoms. The molecule has 0 atom stereocenters. The number of rotatable bonds is 5. The van der Waals surface area contributed by atoms with Crippen molar-refractivity contribution >= 4 is 15.9 Å². The van der Waals surface area contributed by atoms with Gasteiger partial charge in [0, 0.05) is 37.8 Å². The molecule has 1 saturated carbocycles. The molecule has 2 fully saturated rings. The molecule has 2 aliphatic rings. The number of carbonyl (C=O) groups is 1. The summed E-state index contributed by atoms with van der Waals surface area (Å²) in [5, 5.41) is 0. The Kier molecular flexibility index (Phi) is 4.94. The molecule has 1 N–H and O–H groups in total. The van der Waals surface area contributed by atoms with Gasteiger partial charge in [-0.15, -0.1) is 0 Å². The van der Waals surface area contributed by atoms with Crippen LogP contribution >= 0.6 is 0 Å². The van der Waals surface area contributed by atoms with Crippen LogP contribution in [0.4, 0.5) is 0 Å². The standard InChI is InChI=1S/C17H25N3O3S/c1-3-19-8-10-20(11-9-19)17(21)16-12-15(7-4-13(16)2)24(22,23)18-14-5-6-14/h4,7,12,14,18H,3,5-6,8-11H2,1-2H3. The van der Waals surface area contributed by atoms with E-state index in [1.807, 2.05) is 11.8 Å². The van der Waals surface area contributed by atoms with Gasteiger partial charge in [0.2, 0.25) is 10.0 Å². The van der Waals surface area contributed by atoms with Gasteiger partial charge in [-0.25, -0.2) is 13.1 Å². The predicted octanol–water partition coefficient (Wildman–Crippen LogP) is 1.21. The second kappa shape index (κ2) is 6.82. The van der Waals surface area contributed by atoms with Gasteiger partial charge in [0.15, 0.2) is 0 Å². The molecule has 1 aliphatic carbocycles. The Morgan fingerprint density at radius 1 is 1.21 bits per heavy atom. The molecule has 1 aromatic rings. The number of nitrogens with one attached hydrogen (secondary N) is 1. The molecule has 1 aliphatic heterocycles. The van der Waals surface area contributed by atoms with Crippen molar-refractivity contribution in [2.45, 2.75) is 37.6 Å². The van der Waals surface area contributed by atoms with Crippen LogP contribution in [0, 0.1) is 6.92 Å².